The highest BCUT2D eigenvalue weighted by Crippen LogP contribution is 2.29. The molecule has 0 radical (unpaired) electrons. The predicted molar refractivity (Wildman–Crippen MR) is 91.9 cm³/mol. The SMILES string of the molecule is O=C(CNS(=O)(=O)c1ccc(F)cc1)N[C@@H]1CCCc2ccccc21. The Bertz CT molecular complexity index is 866. The van der Waals surface area contributed by atoms with Crippen molar-refractivity contribution in [2.45, 2.75) is 30.2 Å². The maximum atomic E-state index is 12.9. The van der Waals surface area contributed by atoms with Crippen molar-refractivity contribution in [3.63, 3.8) is 0 Å². The number of hydrogen-bond donors (Lipinski definition) is 2. The summed E-state index contributed by atoms with van der Waals surface area (Å²) in [6.45, 7) is -0.363. The average Bonchev–Trinajstić information content (AvgIpc) is 2.61. The number of fused-ring (bicyclic) bond motifs is 1. The number of carbonyl (C=O) groups excluding carboxylic acids is 1. The van der Waals surface area contributed by atoms with Crippen LogP contribution in [0.15, 0.2) is 53.4 Å². The van der Waals surface area contributed by atoms with Gasteiger partial charge in [-0.2, -0.15) is 0 Å². The topological polar surface area (TPSA) is 75.3 Å². The third-order valence-corrected chi connectivity index (χ3v) is 5.67. The number of halogens is 1. The molecule has 0 spiro atoms. The number of sulfonamides is 1. The molecule has 0 unspecified atom stereocenters. The van der Waals surface area contributed by atoms with Crippen molar-refractivity contribution in [2.24, 2.45) is 0 Å². The number of amides is 1. The zero-order valence-electron chi connectivity index (χ0n) is 13.5. The first-order valence-electron chi connectivity index (χ1n) is 8.08. The quantitative estimate of drug-likeness (QED) is 0.857. The molecular formula is C18H19FN2O3S. The Morgan fingerprint density at radius 2 is 1.84 bits per heavy atom. The van der Waals surface area contributed by atoms with E-state index >= 15 is 0 Å². The molecule has 2 N–H and O–H groups in total. The second kappa shape index (κ2) is 7.33. The molecule has 0 saturated heterocycles. The highest BCUT2D eigenvalue weighted by molar-refractivity contribution is 7.89. The van der Waals surface area contributed by atoms with Gasteiger partial charge in [0.15, 0.2) is 0 Å². The molecule has 132 valence electrons. The van der Waals surface area contributed by atoms with Crippen molar-refractivity contribution in [2.75, 3.05) is 6.54 Å². The molecule has 0 bridgehead atoms. The normalized spacial score (nSPS) is 16.9. The minimum absolute atomic E-state index is 0.0790. The fourth-order valence-electron chi connectivity index (χ4n) is 3.01. The summed E-state index contributed by atoms with van der Waals surface area (Å²) in [5, 5.41) is 2.88. The molecule has 0 saturated carbocycles. The summed E-state index contributed by atoms with van der Waals surface area (Å²) in [7, 11) is -3.85. The summed E-state index contributed by atoms with van der Waals surface area (Å²) in [5.41, 5.74) is 2.30. The van der Waals surface area contributed by atoms with E-state index in [1.54, 1.807) is 0 Å². The molecule has 1 atom stereocenters. The lowest BCUT2D eigenvalue weighted by Crippen LogP contribution is -2.39. The summed E-state index contributed by atoms with van der Waals surface area (Å²) in [4.78, 5) is 12.1. The van der Waals surface area contributed by atoms with Crippen LogP contribution in [0.2, 0.25) is 0 Å². The lowest BCUT2D eigenvalue weighted by Gasteiger charge is -2.26. The average molecular weight is 362 g/mol. The van der Waals surface area contributed by atoms with Crippen LogP contribution in [0.4, 0.5) is 4.39 Å². The molecule has 1 aliphatic carbocycles. The Kier molecular flexibility index (Phi) is 5.15. The van der Waals surface area contributed by atoms with Gasteiger partial charge in [-0.3, -0.25) is 4.79 Å². The molecule has 0 aliphatic heterocycles. The Hall–Kier alpha value is -2.25. The van der Waals surface area contributed by atoms with Gasteiger partial charge in [-0.15, -0.1) is 0 Å². The van der Waals surface area contributed by atoms with Crippen molar-refractivity contribution in [1.82, 2.24) is 10.0 Å². The zero-order valence-corrected chi connectivity index (χ0v) is 14.4. The van der Waals surface area contributed by atoms with Crippen molar-refractivity contribution >= 4 is 15.9 Å². The molecule has 1 aliphatic rings. The van der Waals surface area contributed by atoms with E-state index < -0.39 is 21.7 Å². The number of nitrogens with one attached hydrogen (secondary N) is 2. The van der Waals surface area contributed by atoms with Crippen LogP contribution in [-0.4, -0.2) is 20.9 Å². The first-order chi connectivity index (χ1) is 12.0. The molecule has 0 aromatic heterocycles. The maximum Gasteiger partial charge on any atom is 0.241 e. The third kappa shape index (κ3) is 4.24. The van der Waals surface area contributed by atoms with Crippen molar-refractivity contribution in [3.8, 4) is 0 Å². The molecule has 5 nitrogen and oxygen atoms in total. The highest BCUT2D eigenvalue weighted by Gasteiger charge is 2.22. The number of benzene rings is 2. The maximum absolute atomic E-state index is 12.9. The van der Waals surface area contributed by atoms with E-state index in [2.05, 4.69) is 10.0 Å². The summed E-state index contributed by atoms with van der Waals surface area (Å²) < 4.78 is 39.4. The van der Waals surface area contributed by atoms with Gasteiger partial charge in [0, 0.05) is 0 Å². The number of carbonyl (C=O) groups is 1. The number of aryl methyl sites for hydroxylation is 1. The third-order valence-electron chi connectivity index (χ3n) is 4.25. The predicted octanol–water partition coefficient (Wildman–Crippen LogP) is 2.30. The molecule has 2 aromatic carbocycles. The lowest BCUT2D eigenvalue weighted by atomic mass is 9.88. The van der Waals surface area contributed by atoms with Gasteiger partial charge >= 0.3 is 0 Å². The summed E-state index contributed by atoms with van der Waals surface area (Å²) >= 11 is 0. The van der Waals surface area contributed by atoms with E-state index in [-0.39, 0.29) is 17.5 Å². The standard InChI is InChI=1S/C18H19FN2O3S/c19-14-8-10-15(11-9-14)25(23,24)20-12-18(22)21-17-7-3-5-13-4-1-2-6-16(13)17/h1-2,4,6,8-11,17,20H,3,5,7,12H2,(H,21,22)/t17-/m1/s1. The molecule has 25 heavy (non-hydrogen) atoms. The van der Waals surface area contributed by atoms with Crippen molar-refractivity contribution < 1.29 is 17.6 Å². The van der Waals surface area contributed by atoms with Gasteiger partial charge in [-0.25, -0.2) is 17.5 Å². The van der Waals surface area contributed by atoms with Gasteiger partial charge < -0.3 is 5.32 Å². The smallest absolute Gasteiger partial charge is 0.241 e. The van der Waals surface area contributed by atoms with Crippen LogP contribution < -0.4 is 10.0 Å². The van der Waals surface area contributed by atoms with E-state index in [0.717, 1.165) is 49.1 Å². The molecule has 7 heteroatoms. The van der Waals surface area contributed by atoms with Crippen LogP contribution in [0.3, 0.4) is 0 Å². The van der Waals surface area contributed by atoms with Gasteiger partial charge in [0.1, 0.15) is 5.82 Å². The second-order valence-corrected chi connectivity index (χ2v) is 7.76. The molecular weight excluding hydrogens is 343 g/mol. The minimum atomic E-state index is -3.85. The first kappa shape index (κ1) is 17.6. The van der Waals surface area contributed by atoms with E-state index in [1.807, 2.05) is 24.3 Å². The van der Waals surface area contributed by atoms with Gasteiger partial charge in [-0.05, 0) is 54.7 Å². The Morgan fingerprint density at radius 1 is 1.12 bits per heavy atom. The minimum Gasteiger partial charge on any atom is -0.348 e. The van der Waals surface area contributed by atoms with Crippen molar-refractivity contribution in [3.05, 3.63) is 65.5 Å². The zero-order chi connectivity index (χ0) is 17.9. The second-order valence-electron chi connectivity index (χ2n) is 5.99. The van der Waals surface area contributed by atoms with E-state index in [9.17, 15) is 17.6 Å². The van der Waals surface area contributed by atoms with Crippen LogP contribution >= 0.6 is 0 Å². The Labute approximate surface area is 146 Å². The lowest BCUT2D eigenvalue weighted by molar-refractivity contribution is -0.120. The molecule has 0 fully saturated rings. The molecule has 0 heterocycles. The van der Waals surface area contributed by atoms with Crippen LogP contribution in [0, 0.1) is 5.82 Å². The number of rotatable bonds is 5. The number of hydrogen-bond acceptors (Lipinski definition) is 3. The van der Waals surface area contributed by atoms with Crippen LogP contribution in [0.25, 0.3) is 0 Å². The molecule has 2 aromatic rings. The summed E-state index contributed by atoms with van der Waals surface area (Å²) in [6.07, 6.45) is 2.79. The fourth-order valence-corrected chi connectivity index (χ4v) is 3.99. The van der Waals surface area contributed by atoms with Crippen LogP contribution in [-0.2, 0) is 21.2 Å². The van der Waals surface area contributed by atoms with Crippen molar-refractivity contribution in [1.29, 1.82) is 0 Å². The van der Waals surface area contributed by atoms with E-state index in [0.29, 0.717) is 0 Å². The fraction of sp³-hybridized carbons (Fsp3) is 0.278. The molecule has 1 amide bonds. The van der Waals surface area contributed by atoms with Gasteiger partial charge in [0.2, 0.25) is 15.9 Å². The molecule has 3 rings (SSSR count). The summed E-state index contributed by atoms with van der Waals surface area (Å²) in [6, 6.07) is 12.3. The van der Waals surface area contributed by atoms with Gasteiger partial charge in [0.05, 0.1) is 17.5 Å². The van der Waals surface area contributed by atoms with Crippen LogP contribution in [0.5, 0.6) is 0 Å². The van der Waals surface area contributed by atoms with E-state index in [1.165, 1.54) is 5.56 Å². The van der Waals surface area contributed by atoms with Gasteiger partial charge in [-0.1, -0.05) is 24.3 Å². The Morgan fingerprint density at radius 3 is 2.60 bits per heavy atom. The highest BCUT2D eigenvalue weighted by atomic mass is 32.2. The monoisotopic (exact) mass is 362 g/mol. The van der Waals surface area contributed by atoms with Crippen LogP contribution in [0.1, 0.15) is 30.0 Å². The first-order valence-corrected chi connectivity index (χ1v) is 9.56. The largest absolute Gasteiger partial charge is 0.348 e. The summed E-state index contributed by atoms with van der Waals surface area (Å²) in [5.74, 6) is -0.917. The Balaban J connectivity index is 1.61. The van der Waals surface area contributed by atoms with E-state index in [4.69, 9.17) is 0 Å². The van der Waals surface area contributed by atoms with Gasteiger partial charge in [0.25, 0.3) is 0 Å².